The van der Waals surface area contributed by atoms with Gasteiger partial charge in [0.1, 0.15) is 5.75 Å². The number of hydrogen-bond acceptors (Lipinski definition) is 5. The predicted octanol–water partition coefficient (Wildman–Crippen LogP) is 6.21. The number of piperidine rings is 1. The van der Waals surface area contributed by atoms with Crippen LogP contribution in [-0.4, -0.2) is 53.5 Å². The van der Waals surface area contributed by atoms with Gasteiger partial charge in [0.2, 0.25) is 0 Å². The molecule has 0 atom stereocenters. The Hall–Kier alpha value is -2.40. The maximum atomic E-state index is 12.8. The number of likely N-dealkylation sites (tertiary alicyclic amines) is 1. The molecule has 2 N–H and O–H groups in total. The third kappa shape index (κ3) is 7.59. The highest BCUT2D eigenvalue weighted by Gasteiger charge is 2.31. The van der Waals surface area contributed by atoms with Crippen molar-refractivity contribution in [3.63, 3.8) is 0 Å². The second-order valence-electron chi connectivity index (χ2n) is 9.19. The second-order valence-corrected chi connectivity index (χ2v) is 10.3. The van der Waals surface area contributed by atoms with Gasteiger partial charge in [-0.15, -0.1) is 38.0 Å². The monoisotopic (exact) mass is 588 g/mol. The molecule has 1 saturated heterocycles. The standard InChI is InChI=1S/C26H27F3N4O2S.2ClH/c27-26(28,29)35-19-8-6-17(7-9-19)3-2-12-33-13-10-18(11-14-33)16-30-25(34)23-15-21-24-20(31-32-21)4-1-5-22(24)36-23;;/h1,4-9,15,18H,2-3,10-14,16H2,(H,30,34)(H,31,32);2*1H. The Kier molecular flexibility index (Phi) is 10.4. The Bertz CT molecular complexity index is 1260. The summed E-state index contributed by atoms with van der Waals surface area (Å²) in [6, 6.07) is 12.0. The van der Waals surface area contributed by atoms with E-state index in [0.29, 0.717) is 17.4 Å². The summed E-state index contributed by atoms with van der Waals surface area (Å²) in [5.41, 5.74) is 2.78. The number of benzene rings is 2. The van der Waals surface area contributed by atoms with Crippen LogP contribution in [0.15, 0.2) is 52.3 Å². The van der Waals surface area contributed by atoms with Crippen LogP contribution in [-0.2, 0) is 11.2 Å². The molecule has 206 valence electrons. The molecule has 38 heavy (non-hydrogen) atoms. The molecule has 1 amide bonds. The molecule has 12 heteroatoms. The van der Waals surface area contributed by atoms with Crippen LogP contribution in [0.5, 0.6) is 5.75 Å². The number of aryl methyl sites for hydroxylation is 1. The Morgan fingerprint density at radius 2 is 1.87 bits per heavy atom. The highest BCUT2D eigenvalue weighted by atomic mass is 35.5. The molecule has 0 aliphatic carbocycles. The van der Waals surface area contributed by atoms with Crippen LogP contribution < -0.4 is 10.1 Å². The number of ether oxygens (including phenoxy) is 1. The quantitative estimate of drug-likeness (QED) is 0.327. The molecule has 0 radical (unpaired) electrons. The molecule has 0 spiro atoms. The predicted molar refractivity (Wildman–Crippen MR) is 148 cm³/mol. The van der Waals surface area contributed by atoms with E-state index < -0.39 is 6.36 Å². The number of alkyl halides is 3. The van der Waals surface area contributed by atoms with Gasteiger partial charge >= 0.3 is 6.36 Å². The third-order valence-corrected chi connectivity index (χ3v) is 7.73. The van der Waals surface area contributed by atoms with Crippen LogP contribution in [0.2, 0.25) is 0 Å². The van der Waals surface area contributed by atoms with E-state index in [1.807, 2.05) is 24.3 Å². The maximum Gasteiger partial charge on any atom is 0.573 e. The van der Waals surface area contributed by atoms with Crippen molar-refractivity contribution in [2.45, 2.75) is 36.9 Å². The molecule has 0 saturated carbocycles. The average Bonchev–Trinajstić information content (AvgIpc) is 3.28. The molecule has 2 aromatic carbocycles. The van der Waals surface area contributed by atoms with Crippen molar-refractivity contribution in [1.29, 1.82) is 0 Å². The summed E-state index contributed by atoms with van der Waals surface area (Å²) >= 11 is 1.48. The molecule has 0 bridgehead atoms. The number of carbonyl (C=O) groups is 1. The first-order chi connectivity index (χ1) is 17.3. The van der Waals surface area contributed by atoms with E-state index in [1.54, 1.807) is 12.1 Å². The number of hydrogen-bond donors (Lipinski definition) is 2. The van der Waals surface area contributed by atoms with Gasteiger partial charge in [-0.25, -0.2) is 0 Å². The van der Waals surface area contributed by atoms with Gasteiger partial charge in [-0.05, 0) is 87.1 Å². The van der Waals surface area contributed by atoms with Gasteiger partial charge in [0.05, 0.1) is 16.1 Å². The molecule has 0 unspecified atom stereocenters. The largest absolute Gasteiger partial charge is 0.573 e. The highest BCUT2D eigenvalue weighted by molar-refractivity contribution is 8.04. The highest BCUT2D eigenvalue weighted by Crippen LogP contribution is 2.39. The Morgan fingerprint density at radius 1 is 1.13 bits per heavy atom. The molecule has 5 rings (SSSR count). The van der Waals surface area contributed by atoms with E-state index in [4.69, 9.17) is 0 Å². The minimum atomic E-state index is -4.66. The lowest BCUT2D eigenvalue weighted by Crippen LogP contribution is -2.39. The van der Waals surface area contributed by atoms with Gasteiger partial charge in [0.15, 0.2) is 0 Å². The summed E-state index contributed by atoms with van der Waals surface area (Å²) in [5, 5.41) is 11.5. The Balaban J connectivity index is 0.00000200. The lowest BCUT2D eigenvalue weighted by Gasteiger charge is -2.32. The van der Waals surface area contributed by atoms with Crippen molar-refractivity contribution in [3.8, 4) is 5.75 Å². The number of aromatic nitrogens is 2. The SMILES string of the molecule is Cl.Cl.O=C(NCC1CCN(CCCc2ccc(OC(F)(F)F)cc2)CC1)C1=Cc2n[nH]c3cccc(c23)S1. The lowest BCUT2D eigenvalue weighted by molar-refractivity contribution is -0.274. The zero-order valence-corrected chi connectivity index (χ0v) is 22.9. The van der Waals surface area contributed by atoms with Gasteiger partial charge < -0.3 is 15.0 Å². The number of thioether (sulfide) groups is 1. The number of amides is 1. The Labute approximate surface area is 235 Å². The number of nitrogens with one attached hydrogen (secondary N) is 2. The summed E-state index contributed by atoms with van der Waals surface area (Å²) in [6.45, 7) is 3.57. The van der Waals surface area contributed by atoms with Crippen LogP contribution >= 0.6 is 36.6 Å². The lowest BCUT2D eigenvalue weighted by atomic mass is 9.96. The van der Waals surface area contributed by atoms with E-state index in [0.717, 1.165) is 72.4 Å². The number of carbonyl (C=O) groups excluding carboxylic acids is 1. The van der Waals surface area contributed by atoms with E-state index in [2.05, 4.69) is 25.2 Å². The number of halogens is 5. The van der Waals surface area contributed by atoms with Crippen molar-refractivity contribution in [2.75, 3.05) is 26.2 Å². The number of H-pyrrole nitrogens is 1. The Morgan fingerprint density at radius 3 is 2.58 bits per heavy atom. The van der Waals surface area contributed by atoms with Crippen LogP contribution in [0.25, 0.3) is 17.0 Å². The molecule has 1 aromatic heterocycles. The van der Waals surface area contributed by atoms with Crippen molar-refractivity contribution in [1.82, 2.24) is 20.4 Å². The summed E-state index contributed by atoms with van der Waals surface area (Å²) in [7, 11) is 0. The van der Waals surface area contributed by atoms with Crippen molar-refractivity contribution in [2.24, 2.45) is 5.92 Å². The average molecular weight is 590 g/mol. The summed E-state index contributed by atoms with van der Waals surface area (Å²) in [5.74, 6) is 0.201. The first-order valence-corrected chi connectivity index (χ1v) is 12.9. The van der Waals surface area contributed by atoms with Crippen LogP contribution in [0.4, 0.5) is 13.2 Å². The van der Waals surface area contributed by atoms with Gasteiger partial charge in [-0.2, -0.15) is 5.10 Å². The van der Waals surface area contributed by atoms with Crippen molar-refractivity contribution >= 4 is 59.5 Å². The zero-order chi connectivity index (χ0) is 25.1. The zero-order valence-electron chi connectivity index (χ0n) is 20.4. The van der Waals surface area contributed by atoms with Crippen molar-refractivity contribution in [3.05, 3.63) is 58.6 Å². The fraction of sp³-hybridized carbons (Fsp3) is 0.385. The number of nitrogens with zero attached hydrogens (tertiary/aromatic N) is 2. The van der Waals surface area contributed by atoms with Crippen LogP contribution in [0.3, 0.4) is 0 Å². The van der Waals surface area contributed by atoms with Gasteiger partial charge in [-0.3, -0.25) is 9.89 Å². The van der Waals surface area contributed by atoms with E-state index >= 15 is 0 Å². The first-order valence-electron chi connectivity index (χ1n) is 12.1. The third-order valence-electron chi connectivity index (χ3n) is 6.65. The van der Waals surface area contributed by atoms with Crippen LogP contribution in [0, 0.1) is 5.92 Å². The molecule has 3 heterocycles. The molecular weight excluding hydrogens is 560 g/mol. The molecule has 3 aromatic rings. The van der Waals surface area contributed by atoms with E-state index in [9.17, 15) is 18.0 Å². The topological polar surface area (TPSA) is 70.2 Å². The number of aromatic amines is 1. The molecule has 6 nitrogen and oxygen atoms in total. The maximum absolute atomic E-state index is 12.8. The van der Waals surface area contributed by atoms with Crippen molar-refractivity contribution < 1.29 is 22.7 Å². The fourth-order valence-corrected chi connectivity index (χ4v) is 5.78. The van der Waals surface area contributed by atoms with Gasteiger partial charge in [0, 0.05) is 16.8 Å². The minimum absolute atomic E-state index is 0. The number of rotatable bonds is 8. The second kappa shape index (κ2) is 13.1. The molecule has 2 aliphatic rings. The van der Waals surface area contributed by atoms with Crippen LogP contribution in [0.1, 0.15) is 30.5 Å². The smallest absolute Gasteiger partial charge is 0.406 e. The summed E-state index contributed by atoms with van der Waals surface area (Å²) in [4.78, 5) is 16.9. The molecule has 2 aliphatic heterocycles. The minimum Gasteiger partial charge on any atom is -0.406 e. The van der Waals surface area contributed by atoms with Gasteiger partial charge in [-0.1, -0.05) is 30.0 Å². The summed E-state index contributed by atoms with van der Waals surface area (Å²) in [6.07, 6.45) is 0.985. The first kappa shape index (κ1) is 30.1. The summed E-state index contributed by atoms with van der Waals surface area (Å²) < 4.78 is 40.7. The van der Waals surface area contributed by atoms with Gasteiger partial charge in [0.25, 0.3) is 5.91 Å². The van der Waals surface area contributed by atoms with E-state index in [-0.39, 0.29) is 36.5 Å². The van der Waals surface area contributed by atoms with E-state index in [1.165, 1.54) is 23.9 Å². The molecular formula is C26H29Cl2F3N4O2S. The fourth-order valence-electron chi connectivity index (χ4n) is 4.74. The molecule has 1 fully saturated rings. The normalized spacial score (nSPS) is 15.8.